The molecule has 0 aromatic heterocycles. The van der Waals surface area contributed by atoms with Gasteiger partial charge in [0.15, 0.2) is 0 Å². The van der Waals surface area contributed by atoms with Gasteiger partial charge in [0.05, 0.1) is 11.3 Å². The molecule has 0 aliphatic carbocycles. The van der Waals surface area contributed by atoms with E-state index in [1.54, 1.807) is 11.8 Å². The molecule has 0 saturated carbocycles. The number of amides is 2. The minimum absolute atomic E-state index is 0.0569. The van der Waals surface area contributed by atoms with Gasteiger partial charge in [0.1, 0.15) is 6.61 Å². The highest BCUT2D eigenvalue weighted by Gasteiger charge is 2.42. The quantitative estimate of drug-likeness (QED) is 0.771. The number of carboxylic acid groups (broad SMARTS) is 1. The van der Waals surface area contributed by atoms with Gasteiger partial charge in [-0.25, -0.2) is 9.59 Å². The van der Waals surface area contributed by atoms with Crippen LogP contribution in [0, 0.1) is 11.8 Å². The summed E-state index contributed by atoms with van der Waals surface area (Å²) in [6.07, 6.45) is 1.33. The van der Waals surface area contributed by atoms with E-state index in [1.807, 2.05) is 0 Å². The first-order chi connectivity index (χ1) is 10.5. The molecular weight excluding hydrogens is 288 g/mol. The molecule has 3 rings (SSSR count). The summed E-state index contributed by atoms with van der Waals surface area (Å²) in [7, 11) is 0. The smallest absolute Gasteiger partial charge is 0.407 e. The summed E-state index contributed by atoms with van der Waals surface area (Å²) in [5, 5.41) is 8.98. The second-order valence-electron chi connectivity index (χ2n) is 6.14. The number of hydrogen-bond donors (Lipinski definition) is 1. The number of carbonyl (C=O) groups is 3. The minimum Gasteiger partial charge on any atom is -0.465 e. The first kappa shape index (κ1) is 14.9. The highest BCUT2D eigenvalue weighted by Crippen LogP contribution is 2.35. The number of cyclic esters (lactones) is 1. The molecule has 7 nitrogen and oxygen atoms in total. The molecule has 3 aliphatic rings. The van der Waals surface area contributed by atoms with Crippen LogP contribution in [0.5, 0.6) is 0 Å². The van der Waals surface area contributed by atoms with Gasteiger partial charge in [0.2, 0.25) is 5.91 Å². The van der Waals surface area contributed by atoms with Gasteiger partial charge in [-0.05, 0) is 32.1 Å². The monoisotopic (exact) mass is 308 g/mol. The molecule has 1 unspecified atom stereocenters. The van der Waals surface area contributed by atoms with Crippen LogP contribution in [0.15, 0.2) is 11.3 Å². The molecule has 2 fully saturated rings. The van der Waals surface area contributed by atoms with Gasteiger partial charge < -0.3 is 19.6 Å². The number of rotatable bonds is 2. The topological polar surface area (TPSA) is 87.2 Å². The zero-order valence-electron chi connectivity index (χ0n) is 12.6. The lowest BCUT2D eigenvalue weighted by Gasteiger charge is -2.32. The van der Waals surface area contributed by atoms with E-state index in [9.17, 15) is 14.4 Å². The predicted molar refractivity (Wildman–Crippen MR) is 75.8 cm³/mol. The molecule has 1 atom stereocenters. The molecule has 3 heterocycles. The normalized spacial score (nSPS) is 26.9. The van der Waals surface area contributed by atoms with Crippen molar-refractivity contribution in [1.29, 1.82) is 0 Å². The van der Waals surface area contributed by atoms with Crippen LogP contribution in [0.3, 0.4) is 0 Å². The van der Waals surface area contributed by atoms with E-state index in [-0.39, 0.29) is 30.3 Å². The van der Waals surface area contributed by atoms with E-state index in [1.165, 1.54) is 4.90 Å². The summed E-state index contributed by atoms with van der Waals surface area (Å²) < 4.78 is 4.98. The van der Waals surface area contributed by atoms with Gasteiger partial charge in [-0.3, -0.25) is 4.79 Å². The molecule has 1 N–H and O–H groups in total. The van der Waals surface area contributed by atoms with Gasteiger partial charge in [-0.15, -0.1) is 0 Å². The van der Waals surface area contributed by atoms with Crippen LogP contribution >= 0.6 is 0 Å². The Labute approximate surface area is 128 Å². The number of hydrogen-bond acceptors (Lipinski definition) is 4. The number of carbonyl (C=O) groups excluding carboxylic acids is 2. The summed E-state index contributed by atoms with van der Waals surface area (Å²) in [5.74, 6) is -0.124. The van der Waals surface area contributed by atoms with Gasteiger partial charge in [0, 0.05) is 25.6 Å². The summed E-state index contributed by atoms with van der Waals surface area (Å²) in [4.78, 5) is 38.1. The second kappa shape index (κ2) is 5.62. The first-order valence-electron chi connectivity index (χ1n) is 7.65. The van der Waals surface area contributed by atoms with Crippen LogP contribution in [0.25, 0.3) is 0 Å². The van der Waals surface area contributed by atoms with Crippen molar-refractivity contribution in [3.05, 3.63) is 11.3 Å². The van der Waals surface area contributed by atoms with E-state index in [2.05, 4.69) is 0 Å². The third-order valence-electron chi connectivity index (χ3n) is 5.03. The van der Waals surface area contributed by atoms with Crippen molar-refractivity contribution in [2.45, 2.75) is 26.2 Å². The number of esters is 1. The number of likely N-dealkylation sites (tertiary alicyclic amines) is 2. The Balaban J connectivity index is 1.65. The third kappa shape index (κ3) is 2.44. The summed E-state index contributed by atoms with van der Waals surface area (Å²) >= 11 is 0. The molecule has 0 aromatic rings. The van der Waals surface area contributed by atoms with Crippen LogP contribution in [0.4, 0.5) is 4.79 Å². The standard InChI is InChI=1S/C15H20N2O5/c1-9-12(8-22-14(9)19)17-7-4-11(13(17)18)10-2-5-16(6-3-10)15(20)21/h10-11H,2-8H2,1H3,(H,20,21). The van der Waals surface area contributed by atoms with Gasteiger partial charge >= 0.3 is 12.1 Å². The Bertz CT molecular complexity index is 548. The van der Waals surface area contributed by atoms with Gasteiger partial charge in [-0.1, -0.05) is 0 Å². The van der Waals surface area contributed by atoms with Crippen molar-refractivity contribution < 1.29 is 24.2 Å². The zero-order chi connectivity index (χ0) is 15.9. The van der Waals surface area contributed by atoms with Gasteiger partial charge in [-0.2, -0.15) is 0 Å². The van der Waals surface area contributed by atoms with Crippen LogP contribution < -0.4 is 0 Å². The molecule has 2 saturated heterocycles. The van der Waals surface area contributed by atoms with E-state index >= 15 is 0 Å². The predicted octanol–water partition coefficient (Wildman–Crippen LogP) is 1.06. The summed E-state index contributed by atoms with van der Waals surface area (Å²) in [6, 6.07) is 0. The Morgan fingerprint density at radius 1 is 1.18 bits per heavy atom. The van der Waals surface area contributed by atoms with Crippen molar-refractivity contribution in [2.24, 2.45) is 11.8 Å². The summed E-state index contributed by atoms with van der Waals surface area (Å²) in [5.41, 5.74) is 1.22. The Morgan fingerprint density at radius 2 is 1.86 bits per heavy atom. The lowest BCUT2D eigenvalue weighted by atomic mass is 9.83. The SMILES string of the molecule is CC1=C(N2CCC(C3CCN(C(=O)O)CC3)C2=O)COC1=O. The average Bonchev–Trinajstić information content (AvgIpc) is 3.03. The maximum Gasteiger partial charge on any atom is 0.407 e. The largest absolute Gasteiger partial charge is 0.465 e. The second-order valence-corrected chi connectivity index (χ2v) is 6.14. The van der Waals surface area contributed by atoms with Crippen molar-refractivity contribution in [1.82, 2.24) is 9.80 Å². The molecule has 0 aromatic carbocycles. The molecule has 0 spiro atoms. The number of ether oxygens (including phenoxy) is 1. The summed E-state index contributed by atoms with van der Waals surface area (Å²) in [6.45, 7) is 3.48. The fourth-order valence-corrected chi connectivity index (χ4v) is 3.65. The maximum absolute atomic E-state index is 12.7. The van der Waals surface area contributed by atoms with Crippen LogP contribution in [0.2, 0.25) is 0 Å². The van der Waals surface area contributed by atoms with E-state index in [4.69, 9.17) is 9.84 Å². The number of nitrogens with zero attached hydrogens (tertiary/aromatic N) is 2. The molecule has 0 radical (unpaired) electrons. The Kier molecular flexibility index (Phi) is 3.80. The highest BCUT2D eigenvalue weighted by atomic mass is 16.5. The van der Waals surface area contributed by atoms with E-state index < -0.39 is 6.09 Å². The molecule has 0 bridgehead atoms. The minimum atomic E-state index is -0.889. The van der Waals surface area contributed by atoms with Crippen molar-refractivity contribution in [3.8, 4) is 0 Å². The highest BCUT2D eigenvalue weighted by molar-refractivity contribution is 5.93. The van der Waals surface area contributed by atoms with Crippen molar-refractivity contribution in [3.63, 3.8) is 0 Å². The van der Waals surface area contributed by atoms with Crippen LogP contribution in [-0.4, -0.2) is 59.1 Å². The lowest BCUT2D eigenvalue weighted by Crippen LogP contribution is -2.40. The molecule has 22 heavy (non-hydrogen) atoms. The molecule has 7 heteroatoms. The van der Waals surface area contributed by atoms with Crippen molar-refractivity contribution in [2.75, 3.05) is 26.2 Å². The average molecular weight is 308 g/mol. The first-order valence-corrected chi connectivity index (χ1v) is 7.65. The lowest BCUT2D eigenvalue weighted by molar-refractivity contribution is -0.136. The van der Waals surface area contributed by atoms with Crippen molar-refractivity contribution >= 4 is 18.0 Å². The zero-order valence-corrected chi connectivity index (χ0v) is 12.6. The Morgan fingerprint density at radius 3 is 2.41 bits per heavy atom. The third-order valence-corrected chi connectivity index (χ3v) is 5.03. The molecular formula is C15H20N2O5. The fraction of sp³-hybridized carbons (Fsp3) is 0.667. The van der Waals surface area contributed by atoms with Gasteiger partial charge in [0.25, 0.3) is 0 Å². The molecule has 120 valence electrons. The van der Waals surface area contributed by atoms with E-state index in [0.29, 0.717) is 30.9 Å². The van der Waals surface area contributed by atoms with E-state index in [0.717, 1.165) is 19.3 Å². The van der Waals surface area contributed by atoms with Crippen LogP contribution in [-0.2, 0) is 14.3 Å². The maximum atomic E-state index is 12.7. The van der Waals surface area contributed by atoms with Crippen LogP contribution in [0.1, 0.15) is 26.2 Å². The number of piperidine rings is 1. The fourth-order valence-electron chi connectivity index (χ4n) is 3.65. The molecule has 2 amide bonds. The molecule has 3 aliphatic heterocycles. The Hall–Kier alpha value is -2.05.